The van der Waals surface area contributed by atoms with Crippen LogP contribution in [-0.4, -0.2) is 24.7 Å². The van der Waals surface area contributed by atoms with Gasteiger partial charge < -0.3 is 0 Å². The first-order chi connectivity index (χ1) is 14.2. The minimum atomic E-state index is 0.618. The van der Waals surface area contributed by atoms with Gasteiger partial charge in [-0.05, 0) is 30.7 Å². The van der Waals surface area contributed by atoms with Crippen LogP contribution in [0.4, 0.5) is 0 Å². The zero-order valence-electron chi connectivity index (χ0n) is 15.6. The largest absolute Gasteiger partial charge is 0.250 e. The molecule has 0 aliphatic heterocycles. The normalized spacial score (nSPS) is 11.4. The maximum atomic E-state index is 6.62. The van der Waals surface area contributed by atoms with Gasteiger partial charge in [0.25, 0.3) is 0 Å². The maximum Gasteiger partial charge on any atom is 0.167 e. The molecule has 0 fully saturated rings. The summed E-state index contributed by atoms with van der Waals surface area (Å²) in [4.78, 5) is 13.7. The van der Waals surface area contributed by atoms with Crippen molar-refractivity contribution in [1.82, 2.24) is 24.7 Å². The molecule has 0 saturated carbocycles. The quantitative estimate of drug-likeness (QED) is 0.280. The Morgan fingerprint density at radius 1 is 0.966 bits per heavy atom. The highest BCUT2D eigenvalue weighted by atomic mass is 35.5. The van der Waals surface area contributed by atoms with Gasteiger partial charge in [0.2, 0.25) is 0 Å². The van der Waals surface area contributed by atoms with E-state index in [1.807, 2.05) is 72.4 Å². The van der Waals surface area contributed by atoms with E-state index in [0.29, 0.717) is 10.8 Å². The number of aryl methyl sites for hydroxylation is 1. The number of rotatable bonds is 4. The topological polar surface area (TPSA) is 56.5 Å². The summed E-state index contributed by atoms with van der Waals surface area (Å²) in [5.74, 6) is 0.618. The number of thioether (sulfide) groups is 1. The minimum absolute atomic E-state index is 0.618. The molecule has 142 valence electrons. The molecular weight excluding hydrogens is 402 g/mol. The van der Waals surface area contributed by atoms with Gasteiger partial charge in [0.05, 0.1) is 33.5 Å². The fourth-order valence-electron chi connectivity index (χ4n) is 3.35. The number of pyridine rings is 1. The SMILES string of the molecule is Cc1c(Cl)c(CSc2ncnc3c2cnn3-c2ccccc2)nc2ccccc12. The number of fused-ring (bicyclic) bond motifs is 2. The Balaban J connectivity index is 1.50. The summed E-state index contributed by atoms with van der Waals surface area (Å²) in [5.41, 5.74) is 4.61. The van der Waals surface area contributed by atoms with Crippen molar-refractivity contribution in [2.75, 3.05) is 0 Å². The lowest BCUT2D eigenvalue weighted by Gasteiger charge is -2.10. The van der Waals surface area contributed by atoms with E-state index in [1.165, 1.54) is 0 Å². The second-order valence-corrected chi connectivity index (χ2v) is 7.95. The monoisotopic (exact) mass is 417 g/mol. The van der Waals surface area contributed by atoms with E-state index >= 15 is 0 Å². The van der Waals surface area contributed by atoms with Crippen molar-refractivity contribution in [3.8, 4) is 5.69 Å². The Bertz CT molecular complexity index is 1330. The van der Waals surface area contributed by atoms with Crippen LogP contribution in [0.1, 0.15) is 11.3 Å². The van der Waals surface area contributed by atoms with Crippen LogP contribution in [0, 0.1) is 6.92 Å². The molecule has 0 amide bonds. The van der Waals surface area contributed by atoms with E-state index in [2.05, 4.69) is 15.1 Å². The highest BCUT2D eigenvalue weighted by Crippen LogP contribution is 2.33. The predicted molar refractivity (Wildman–Crippen MR) is 118 cm³/mol. The second kappa shape index (κ2) is 7.46. The van der Waals surface area contributed by atoms with Gasteiger partial charge in [-0.15, -0.1) is 0 Å². The molecule has 0 N–H and O–H groups in total. The third kappa shape index (κ3) is 3.24. The van der Waals surface area contributed by atoms with Crippen molar-refractivity contribution in [2.24, 2.45) is 0 Å². The summed E-state index contributed by atoms with van der Waals surface area (Å²) in [7, 11) is 0. The zero-order valence-corrected chi connectivity index (χ0v) is 17.2. The summed E-state index contributed by atoms with van der Waals surface area (Å²) >= 11 is 8.21. The smallest absolute Gasteiger partial charge is 0.167 e. The molecule has 2 aromatic carbocycles. The number of benzene rings is 2. The van der Waals surface area contributed by atoms with E-state index in [0.717, 1.165) is 43.9 Å². The molecule has 0 saturated heterocycles. The predicted octanol–water partition coefficient (Wildman–Crippen LogP) is 5.62. The molecule has 0 atom stereocenters. The van der Waals surface area contributed by atoms with Crippen molar-refractivity contribution in [1.29, 1.82) is 0 Å². The Labute approximate surface area is 176 Å². The molecule has 5 rings (SSSR count). The molecular formula is C22H16ClN5S. The Hall–Kier alpha value is -2.96. The summed E-state index contributed by atoms with van der Waals surface area (Å²) in [5, 5.41) is 8.08. The van der Waals surface area contributed by atoms with Crippen LogP contribution < -0.4 is 0 Å². The summed E-state index contributed by atoms with van der Waals surface area (Å²) < 4.78 is 1.83. The fourth-order valence-corrected chi connectivity index (χ4v) is 4.54. The van der Waals surface area contributed by atoms with Crippen LogP contribution in [0.5, 0.6) is 0 Å². The minimum Gasteiger partial charge on any atom is -0.250 e. The van der Waals surface area contributed by atoms with E-state index in [4.69, 9.17) is 16.6 Å². The third-order valence-electron chi connectivity index (χ3n) is 4.82. The van der Waals surface area contributed by atoms with E-state index in [1.54, 1.807) is 18.1 Å². The van der Waals surface area contributed by atoms with E-state index in [9.17, 15) is 0 Å². The van der Waals surface area contributed by atoms with Crippen LogP contribution in [0.3, 0.4) is 0 Å². The van der Waals surface area contributed by atoms with Crippen molar-refractivity contribution in [3.63, 3.8) is 0 Å². The molecule has 3 aromatic heterocycles. The standard InChI is InChI=1S/C22H16ClN5S/c1-14-16-9-5-6-10-18(16)27-19(20(14)23)12-29-22-17-11-26-28(21(17)24-13-25-22)15-7-3-2-4-8-15/h2-11,13H,12H2,1H3. The van der Waals surface area contributed by atoms with Gasteiger partial charge in [-0.3, -0.25) is 4.98 Å². The first-order valence-electron chi connectivity index (χ1n) is 9.13. The first kappa shape index (κ1) is 18.1. The molecule has 0 spiro atoms. The maximum absolute atomic E-state index is 6.62. The molecule has 0 aliphatic carbocycles. The highest BCUT2D eigenvalue weighted by Gasteiger charge is 2.14. The molecule has 0 bridgehead atoms. The third-order valence-corrected chi connectivity index (χ3v) is 6.34. The average Bonchev–Trinajstić information content (AvgIpc) is 3.21. The number of hydrogen-bond acceptors (Lipinski definition) is 5. The fraction of sp³-hybridized carbons (Fsp3) is 0.0909. The Morgan fingerprint density at radius 2 is 1.76 bits per heavy atom. The Kier molecular flexibility index (Phi) is 4.66. The number of nitrogens with zero attached hydrogens (tertiary/aromatic N) is 5. The Morgan fingerprint density at radius 3 is 2.62 bits per heavy atom. The molecule has 5 aromatic rings. The van der Waals surface area contributed by atoms with Crippen LogP contribution >= 0.6 is 23.4 Å². The lowest BCUT2D eigenvalue weighted by molar-refractivity contribution is 0.893. The van der Waals surface area contributed by atoms with Gasteiger partial charge in [0.15, 0.2) is 5.65 Å². The van der Waals surface area contributed by atoms with Crippen molar-refractivity contribution in [3.05, 3.63) is 83.4 Å². The number of aromatic nitrogens is 5. The van der Waals surface area contributed by atoms with Crippen molar-refractivity contribution >= 4 is 45.3 Å². The van der Waals surface area contributed by atoms with Crippen LogP contribution in [0.25, 0.3) is 27.6 Å². The van der Waals surface area contributed by atoms with Crippen molar-refractivity contribution in [2.45, 2.75) is 17.7 Å². The highest BCUT2D eigenvalue weighted by molar-refractivity contribution is 7.98. The van der Waals surface area contributed by atoms with Gasteiger partial charge in [0, 0.05) is 11.1 Å². The molecule has 0 radical (unpaired) electrons. The number of hydrogen-bond donors (Lipinski definition) is 0. The van der Waals surface area contributed by atoms with Crippen LogP contribution in [-0.2, 0) is 5.75 Å². The first-order valence-corrected chi connectivity index (χ1v) is 10.5. The summed E-state index contributed by atoms with van der Waals surface area (Å²) in [6.45, 7) is 2.04. The molecule has 7 heteroatoms. The van der Waals surface area contributed by atoms with Gasteiger partial charge in [0.1, 0.15) is 11.4 Å². The lowest BCUT2D eigenvalue weighted by atomic mass is 10.1. The van der Waals surface area contributed by atoms with Crippen molar-refractivity contribution < 1.29 is 0 Å². The van der Waals surface area contributed by atoms with Gasteiger partial charge in [-0.25, -0.2) is 14.6 Å². The lowest BCUT2D eigenvalue weighted by Crippen LogP contribution is -1.98. The molecule has 29 heavy (non-hydrogen) atoms. The number of para-hydroxylation sites is 2. The van der Waals surface area contributed by atoms with Gasteiger partial charge >= 0.3 is 0 Å². The zero-order chi connectivity index (χ0) is 19.8. The summed E-state index contributed by atoms with van der Waals surface area (Å²) in [6, 6.07) is 18.0. The summed E-state index contributed by atoms with van der Waals surface area (Å²) in [6.07, 6.45) is 3.39. The molecule has 0 unspecified atom stereocenters. The van der Waals surface area contributed by atoms with E-state index < -0.39 is 0 Å². The molecule has 3 heterocycles. The van der Waals surface area contributed by atoms with Gasteiger partial charge in [-0.1, -0.05) is 59.8 Å². The van der Waals surface area contributed by atoms with E-state index in [-0.39, 0.29) is 0 Å². The molecule has 5 nitrogen and oxygen atoms in total. The van der Waals surface area contributed by atoms with Crippen LogP contribution in [0.2, 0.25) is 5.02 Å². The van der Waals surface area contributed by atoms with Crippen LogP contribution in [0.15, 0.2) is 72.1 Å². The number of halogens is 1. The van der Waals surface area contributed by atoms with Gasteiger partial charge in [-0.2, -0.15) is 5.10 Å². The molecule has 0 aliphatic rings. The average molecular weight is 418 g/mol. The second-order valence-electron chi connectivity index (χ2n) is 6.61.